The molecule has 3 aromatic rings. The van der Waals surface area contributed by atoms with Crippen molar-refractivity contribution in [1.82, 2.24) is 0 Å². The van der Waals surface area contributed by atoms with Crippen LogP contribution in [0.15, 0.2) is 77.7 Å². The van der Waals surface area contributed by atoms with Crippen molar-refractivity contribution in [2.75, 3.05) is 5.32 Å². The molecule has 0 aliphatic carbocycles. The standard InChI is InChI=1S/C25H24F3NO2S/c1-24(2)15-23(29-22-12-11-19(14-21(22)24)25(26,27)28)18-8-6-7-17(13-18)16-32(30,31)20-9-4-3-5-10-20/h3-14,23,29H,15-16H2,1-2H3. The first-order valence-corrected chi connectivity index (χ1v) is 12.0. The summed E-state index contributed by atoms with van der Waals surface area (Å²) >= 11 is 0. The number of benzene rings is 3. The average Bonchev–Trinajstić information content (AvgIpc) is 2.73. The zero-order valence-corrected chi connectivity index (χ0v) is 18.6. The molecular weight excluding hydrogens is 435 g/mol. The topological polar surface area (TPSA) is 46.2 Å². The largest absolute Gasteiger partial charge is 0.416 e. The van der Waals surface area contributed by atoms with Crippen molar-refractivity contribution in [2.45, 2.75) is 48.5 Å². The Kier molecular flexibility index (Phi) is 5.57. The second kappa shape index (κ2) is 7.96. The third kappa shape index (κ3) is 4.53. The number of rotatable bonds is 4. The van der Waals surface area contributed by atoms with Crippen molar-refractivity contribution >= 4 is 15.5 Å². The Morgan fingerprint density at radius 3 is 2.38 bits per heavy atom. The van der Waals surface area contributed by atoms with Crippen LogP contribution >= 0.6 is 0 Å². The maximum absolute atomic E-state index is 13.2. The van der Waals surface area contributed by atoms with Crippen molar-refractivity contribution in [1.29, 1.82) is 0 Å². The lowest BCUT2D eigenvalue weighted by Gasteiger charge is -2.39. The zero-order valence-electron chi connectivity index (χ0n) is 17.8. The number of sulfone groups is 1. The fourth-order valence-corrected chi connectivity index (χ4v) is 5.65. The summed E-state index contributed by atoms with van der Waals surface area (Å²) in [6.45, 7) is 3.87. The quantitative estimate of drug-likeness (QED) is 0.484. The van der Waals surface area contributed by atoms with Crippen LogP contribution in [0.4, 0.5) is 18.9 Å². The summed E-state index contributed by atoms with van der Waals surface area (Å²) in [7, 11) is -3.48. The van der Waals surface area contributed by atoms with E-state index in [2.05, 4.69) is 5.32 Å². The van der Waals surface area contributed by atoms with Gasteiger partial charge in [0.15, 0.2) is 9.84 Å². The molecule has 3 aromatic carbocycles. The number of anilines is 1. The van der Waals surface area contributed by atoms with Gasteiger partial charge in [0.1, 0.15) is 0 Å². The molecule has 1 atom stereocenters. The van der Waals surface area contributed by atoms with Gasteiger partial charge in [-0.15, -0.1) is 0 Å². The van der Waals surface area contributed by atoms with E-state index in [4.69, 9.17) is 0 Å². The van der Waals surface area contributed by atoms with Crippen LogP contribution in [0, 0.1) is 0 Å². The first kappa shape index (κ1) is 22.4. The summed E-state index contributed by atoms with van der Waals surface area (Å²) in [4.78, 5) is 0.275. The molecule has 1 aliphatic heterocycles. The van der Waals surface area contributed by atoms with E-state index >= 15 is 0 Å². The summed E-state index contributed by atoms with van der Waals surface area (Å²) in [5.74, 6) is -0.119. The van der Waals surface area contributed by atoms with Crippen LogP contribution in [0.3, 0.4) is 0 Å². The molecule has 0 spiro atoms. The molecule has 168 valence electrons. The van der Waals surface area contributed by atoms with Crippen LogP contribution in [0.1, 0.15) is 48.6 Å². The first-order chi connectivity index (χ1) is 15.0. The number of hydrogen-bond acceptors (Lipinski definition) is 3. The molecule has 0 bridgehead atoms. The molecule has 0 saturated heterocycles. The highest BCUT2D eigenvalue weighted by molar-refractivity contribution is 7.90. The molecule has 1 aliphatic rings. The lowest BCUT2D eigenvalue weighted by molar-refractivity contribution is -0.137. The molecular formula is C25H24F3NO2S. The van der Waals surface area contributed by atoms with Gasteiger partial charge in [-0.3, -0.25) is 0 Å². The molecule has 0 radical (unpaired) electrons. The molecule has 0 amide bonds. The lowest BCUT2D eigenvalue weighted by atomic mass is 9.73. The molecule has 3 nitrogen and oxygen atoms in total. The van der Waals surface area contributed by atoms with Gasteiger partial charge >= 0.3 is 6.18 Å². The molecule has 1 heterocycles. The number of halogens is 3. The minimum absolute atomic E-state index is 0.119. The van der Waals surface area contributed by atoms with Gasteiger partial charge in [-0.05, 0) is 58.9 Å². The Morgan fingerprint density at radius 2 is 1.69 bits per heavy atom. The summed E-state index contributed by atoms with van der Waals surface area (Å²) in [5.41, 5.74) is 1.73. The van der Waals surface area contributed by atoms with Gasteiger partial charge in [0.05, 0.1) is 22.3 Å². The van der Waals surface area contributed by atoms with E-state index in [0.29, 0.717) is 23.2 Å². The van der Waals surface area contributed by atoms with E-state index in [1.807, 2.05) is 32.0 Å². The van der Waals surface area contributed by atoms with Crippen molar-refractivity contribution in [3.05, 3.63) is 95.1 Å². The number of hydrogen-bond donors (Lipinski definition) is 1. The van der Waals surface area contributed by atoms with E-state index in [0.717, 1.165) is 11.6 Å². The molecule has 0 aromatic heterocycles. The van der Waals surface area contributed by atoms with E-state index in [1.54, 1.807) is 36.4 Å². The molecule has 1 N–H and O–H groups in total. The van der Waals surface area contributed by atoms with Gasteiger partial charge in [-0.25, -0.2) is 8.42 Å². The van der Waals surface area contributed by atoms with Gasteiger partial charge in [0.25, 0.3) is 0 Å². The number of nitrogens with one attached hydrogen (secondary N) is 1. The molecule has 1 unspecified atom stereocenters. The maximum Gasteiger partial charge on any atom is 0.416 e. The minimum Gasteiger partial charge on any atom is -0.378 e. The molecule has 32 heavy (non-hydrogen) atoms. The molecule has 7 heteroatoms. The van der Waals surface area contributed by atoms with Crippen LogP contribution in [-0.4, -0.2) is 8.42 Å². The molecule has 0 fully saturated rings. The van der Waals surface area contributed by atoms with Gasteiger partial charge in [0, 0.05) is 5.69 Å². The monoisotopic (exact) mass is 459 g/mol. The van der Waals surface area contributed by atoms with Gasteiger partial charge in [-0.2, -0.15) is 13.2 Å². The Morgan fingerprint density at radius 1 is 0.969 bits per heavy atom. The predicted molar refractivity (Wildman–Crippen MR) is 119 cm³/mol. The predicted octanol–water partition coefficient (Wildman–Crippen LogP) is 6.51. The highest BCUT2D eigenvalue weighted by Gasteiger charge is 2.37. The Labute approximate surface area is 186 Å². The Bertz CT molecular complexity index is 1240. The summed E-state index contributed by atoms with van der Waals surface area (Å²) in [6, 6.07) is 19.4. The van der Waals surface area contributed by atoms with Crippen molar-refractivity contribution < 1.29 is 21.6 Å². The highest BCUT2D eigenvalue weighted by Crippen LogP contribution is 2.46. The van der Waals surface area contributed by atoms with Crippen LogP contribution in [0.5, 0.6) is 0 Å². The fraction of sp³-hybridized carbons (Fsp3) is 0.280. The average molecular weight is 460 g/mol. The van der Waals surface area contributed by atoms with Crippen LogP contribution in [-0.2, 0) is 27.2 Å². The van der Waals surface area contributed by atoms with Crippen molar-refractivity contribution in [3.63, 3.8) is 0 Å². The lowest BCUT2D eigenvalue weighted by Crippen LogP contribution is -2.31. The second-order valence-corrected chi connectivity index (χ2v) is 10.8. The summed E-state index contributed by atoms with van der Waals surface area (Å²) in [6.07, 6.45) is -3.81. The summed E-state index contributed by atoms with van der Waals surface area (Å²) in [5, 5.41) is 3.35. The van der Waals surface area contributed by atoms with Gasteiger partial charge in [-0.1, -0.05) is 56.3 Å². The van der Waals surface area contributed by atoms with Crippen LogP contribution in [0.25, 0.3) is 0 Å². The zero-order chi connectivity index (χ0) is 23.1. The third-order valence-corrected chi connectivity index (χ3v) is 7.64. The highest BCUT2D eigenvalue weighted by atomic mass is 32.2. The number of fused-ring (bicyclic) bond motifs is 1. The normalized spacial score (nSPS) is 18.0. The Hall–Kier alpha value is -2.80. The van der Waals surface area contributed by atoms with E-state index in [-0.39, 0.29) is 16.7 Å². The van der Waals surface area contributed by atoms with E-state index < -0.39 is 27.0 Å². The summed E-state index contributed by atoms with van der Waals surface area (Å²) < 4.78 is 65.1. The van der Waals surface area contributed by atoms with Crippen LogP contribution < -0.4 is 5.32 Å². The molecule has 4 rings (SSSR count). The maximum atomic E-state index is 13.2. The van der Waals surface area contributed by atoms with Crippen molar-refractivity contribution in [3.8, 4) is 0 Å². The second-order valence-electron chi connectivity index (χ2n) is 8.86. The Balaban J connectivity index is 1.62. The van der Waals surface area contributed by atoms with Crippen molar-refractivity contribution in [2.24, 2.45) is 0 Å². The van der Waals surface area contributed by atoms with Crippen LogP contribution in [0.2, 0.25) is 0 Å². The van der Waals surface area contributed by atoms with E-state index in [1.165, 1.54) is 12.1 Å². The molecule has 0 saturated carbocycles. The van der Waals surface area contributed by atoms with Gasteiger partial charge in [0.2, 0.25) is 0 Å². The SMILES string of the molecule is CC1(C)CC(c2cccc(CS(=O)(=O)c3ccccc3)c2)Nc2ccc(C(F)(F)F)cc21. The minimum atomic E-state index is -4.39. The smallest absolute Gasteiger partial charge is 0.378 e. The van der Waals surface area contributed by atoms with E-state index in [9.17, 15) is 21.6 Å². The third-order valence-electron chi connectivity index (χ3n) is 5.93. The van der Waals surface area contributed by atoms with Gasteiger partial charge < -0.3 is 5.32 Å². The number of alkyl halides is 3. The fourth-order valence-electron chi connectivity index (χ4n) is 4.30. The first-order valence-electron chi connectivity index (χ1n) is 10.3.